The second-order valence-electron chi connectivity index (χ2n) is 5.95. The molecular weight excluding hydrogens is 294 g/mol. The molecule has 114 valence electrons. The van der Waals surface area contributed by atoms with Crippen LogP contribution in [0.4, 0.5) is 11.4 Å². The molecule has 0 unspecified atom stereocenters. The summed E-state index contributed by atoms with van der Waals surface area (Å²) in [5, 5.41) is 16.5. The standard InChI is InChI=1S/C13H17N3O4S/c14-21(19,20)11-4-1-3-10(12(11)16(17)18)15-8-7-13(9-15)5-2-6-13/h1,3-4H,2,5-9H2,(H2,14,19,20). The van der Waals surface area contributed by atoms with Gasteiger partial charge in [0.1, 0.15) is 5.69 Å². The van der Waals surface area contributed by atoms with Gasteiger partial charge in [0.2, 0.25) is 10.0 Å². The number of primary sulfonamides is 1. The maximum atomic E-state index is 11.6. The van der Waals surface area contributed by atoms with E-state index in [9.17, 15) is 18.5 Å². The number of nitrogens with zero attached hydrogens (tertiary/aromatic N) is 2. The lowest BCUT2D eigenvalue weighted by Gasteiger charge is -2.38. The predicted molar refractivity (Wildman–Crippen MR) is 77.6 cm³/mol. The van der Waals surface area contributed by atoms with E-state index in [1.165, 1.54) is 18.6 Å². The summed E-state index contributed by atoms with van der Waals surface area (Å²) in [6.07, 6.45) is 4.50. The van der Waals surface area contributed by atoms with Gasteiger partial charge in [-0.15, -0.1) is 0 Å². The number of rotatable bonds is 3. The molecule has 7 nitrogen and oxygen atoms in total. The first-order valence-electron chi connectivity index (χ1n) is 6.88. The maximum absolute atomic E-state index is 11.6. The van der Waals surface area contributed by atoms with Gasteiger partial charge in [-0.05, 0) is 36.8 Å². The zero-order valence-electron chi connectivity index (χ0n) is 11.5. The van der Waals surface area contributed by atoms with Crippen molar-refractivity contribution in [3.05, 3.63) is 28.3 Å². The Morgan fingerprint density at radius 2 is 2.00 bits per heavy atom. The molecule has 1 saturated carbocycles. The summed E-state index contributed by atoms with van der Waals surface area (Å²) in [7, 11) is -4.12. The van der Waals surface area contributed by atoms with E-state index in [-0.39, 0.29) is 5.41 Å². The molecule has 0 amide bonds. The quantitative estimate of drug-likeness (QED) is 0.674. The fourth-order valence-corrected chi connectivity index (χ4v) is 4.12. The Morgan fingerprint density at radius 1 is 1.29 bits per heavy atom. The Balaban J connectivity index is 2.05. The monoisotopic (exact) mass is 311 g/mol. The zero-order chi connectivity index (χ0) is 15.3. The van der Waals surface area contributed by atoms with Crippen LogP contribution in [-0.2, 0) is 10.0 Å². The molecule has 2 N–H and O–H groups in total. The van der Waals surface area contributed by atoms with E-state index in [1.807, 2.05) is 4.90 Å². The molecule has 1 aromatic carbocycles. The van der Waals surface area contributed by atoms with Gasteiger partial charge in [0.15, 0.2) is 4.90 Å². The van der Waals surface area contributed by atoms with Crippen molar-refractivity contribution in [2.45, 2.75) is 30.6 Å². The Morgan fingerprint density at radius 3 is 2.48 bits per heavy atom. The van der Waals surface area contributed by atoms with Crippen molar-refractivity contribution in [1.82, 2.24) is 0 Å². The lowest BCUT2D eigenvalue weighted by Crippen LogP contribution is -2.33. The van der Waals surface area contributed by atoms with Crippen LogP contribution in [0, 0.1) is 15.5 Å². The van der Waals surface area contributed by atoms with Crippen LogP contribution < -0.4 is 10.0 Å². The molecule has 8 heteroatoms. The van der Waals surface area contributed by atoms with Gasteiger partial charge >= 0.3 is 5.69 Å². The molecule has 1 aliphatic carbocycles. The number of nitrogens with two attached hydrogens (primary N) is 1. The molecule has 0 atom stereocenters. The first-order valence-corrected chi connectivity index (χ1v) is 8.42. The molecule has 1 heterocycles. The van der Waals surface area contributed by atoms with Gasteiger partial charge in [-0.3, -0.25) is 10.1 Å². The SMILES string of the molecule is NS(=O)(=O)c1cccc(N2CCC3(CCC3)C2)c1[N+](=O)[O-]. The highest BCUT2D eigenvalue weighted by molar-refractivity contribution is 7.89. The highest BCUT2D eigenvalue weighted by Crippen LogP contribution is 2.50. The van der Waals surface area contributed by atoms with Crippen LogP contribution >= 0.6 is 0 Å². The normalized spacial score (nSPS) is 20.5. The molecule has 3 rings (SSSR count). The first-order chi connectivity index (χ1) is 9.82. The number of hydrogen-bond donors (Lipinski definition) is 1. The van der Waals surface area contributed by atoms with E-state index in [2.05, 4.69) is 0 Å². The zero-order valence-corrected chi connectivity index (χ0v) is 12.3. The van der Waals surface area contributed by atoms with Crippen LogP contribution in [0.3, 0.4) is 0 Å². The second kappa shape index (κ2) is 4.67. The number of para-hydroxylation sites is 1. The average Bonchev–Trinajstić information content (AvgIpc) is 2.81. The number of hydrogen-bond acceptors (Lipinski definition) is 5. The molecule has 2 fully saturated rings. The molecule has 1 saturated heterocycles. The van der Waals surface area contributed by atoms with Crippen molar-refractivity contribution < 1.29 is 13.3 Å². The number of benzene rings is 1. The van der Waals surface area contributed by atoms with Gasteiger partial charge in [-0.2, -0.15) is 0 Å². The molecule has 0 bridgehead atoms. The maximum Gasteiger partial charge on any atom is 0.312 e. The summed E-state index contributed by atoms with van der Waals surface area (Å²) in [6, 6.07) is 4.30. The highest BCUT2D eigenvalue weighted by Gasteiger charge is 2.44. The summed E-state index contributed by atoms with van der Waals surface area (Å²) < 4.78 is 23.1. The average molecular weight is 311 g/mol. The van der Waals surface area contributed by atoms with Crippen LogP contribution in [0.5, 0.6) is 0 Å². The number of anilines is 1. The van der Waals surface area contributed by atoms with Crippen molar-refractivity contribution >= 4 is 21.4 Å². The number of sulfonamides is 1. The Hall–Kier alpha value is -1.67. The largest absolute Gasteiger partial charge is 0.365 e. The lowest BCUT2D eigenvalue weighted by atomic mass is 9.68. The van der Waals surface area contributed by atoms with Crippen LogP contribution in [-0.4, -0.2) is 26.4 Å². The van der Waals surface area contributed by atoms with E-state index in [1.54, 1.807) is 6.07 Å². The minimum absolute atomic E-state index is 0.269. The summed E-state index contributed by atoms with van der Waals surface area (Å²) in [6.45, 7) is 1.47. The van der Waals surface area contributed by atoms with Crippen molar-refractivity contribution in [2.75, 3.05) is 18.0 Å². The van der Waals surface area contributed by atoms with Crippen LogP contribution in [0.2, 0.25) is 0 Å². The van der Waals surface area contributed by atoms with Crippen LogP contribution in [0.25, 0.3) is 0 Å². The van der Waals surface area contributed by atoms with Crippen LogP contribution in [0.15, 0.2) is 23.1 Å². The second-order valence-corrected chi connectivity index (χ2v) is 7.48. The summed E-state index contributed by atoms with van der Waals surface area (Å²) in [4.78, 5) is 12.2. The van der Waals surface area contributed by atoms with Gasteiger partial charge in [-0.25, -0.2) is 13.6 Å². The van der Waals surface area contributed by atoms with Crippen molar-refractivity contribution in [1.29, 1.82) is 0 Å². The van der Waals surface area contributed by atoms with E-state index in [0.29, 0.717) is 5.69 Å². The molecule has 21 heavy (non-hydrogen) atoms. The third-order valence-electron chi connectivity index (χ3n) is 4.66. The third-order valence-corrected chi connectivity index (χ3v) is 5.60. The number of nitro groups is 1. The van der Waals surface area contributed by atoms with Gasteiger partial charge < -0.3 is 4.90 Å². The number of nitro benzene ring substituents is 1. The predicted octanol–water partition coefficient (Wildman–Crippen LogP) is 1.62. The van der Waals surface area contributed by atoms with E-state index >= 15 is 0 Å². The topological polar surface area (TPSA) is 107 Å². The molecule has 1 spiro atoms. The molecule has 1 aromatic rings. The molecular formula is C13H17N3O4S. The van der Waals surface area contributed by atoms with Crippen LogP contribution in [0.1, 0.15) is 25.7 Å². The summed E-state index contributed by atoms with van der Waals surface area (Å²) in [5.74, 6) is 0. The van der Waals surface area contributed by atoms with Gasteiger partial charge in [-0.1, -0.05) is 12.5 Å². The summed E-state index contributed by atoms with van der Waals surface area (Å²) >= 11 is 0. The summed E-state index contributed by atoms with van der Waals surface area (Å²) in [5.41, 5.74) is 0.220. The minimum atomic E-state index is -4.12. The lowest BCUT2D eigenvalue weighted by molar-refractivity contribution is -0.387. The molecule has 2 aliphatic rings. The van der Waals surface area contributed by atoms with Gasteiger partial charge in [0.05, 0.1) is 4.92 Å². The first kappa shape index (κ1) is 14.3. The minimum Gasteiger partial charge on any atom is -0.365 e. The van der Waals surface area contributed by atoms with Gasteiger partial charge in [0.25, 0.3) is 0 Å². The highest BCUT2D eigenvalue weighted by atomic mass is 32.2. The Kier molecular flexibility index (Phi) is 3.18. The molecule has 1 aliphatic heterocycles. The van der Waals surface area contributed by atoms with E-state index in [4.69, 9.17) is 5.14 Å². The Bertz CT molecular complexity index is 697. The molecule has 0 radical (unpaired) electrons. The van der Waals surface area contributed by atoms with Crippen molar-refractivity contribution in [2.24, 2.45) is 10.6 Å². The Labute approximate surface area is 122 Å². The van der Waals surface area contributed by atoms with Gasteiger partial charge in [0, 0.05) is 13.1 Å². The van der Waals surface area contributed by atoms with Crippen molar-refractivity contribution in [3.8, 4) is 0 Å². The van der Waals surface area contributed by atoms with E-state index < -0.39 is 25.5 Å². The molecule has 0 aromatic heterocycles. The fourth-order valence-electron chi connectivity index (χ4n) is 3.40. The van der Waals surface area contributed by atoms with E-state index in [0.717, 1.165) is 32.4 Å². The smallest absolute Gasteiger partial charge is 0.312 e. The van der Waals surface area contributed by atoms with Crippen molar-refractivity contribution in [3.63, 3.8) is 0 Å². The third kappa shape index (κ3) is 2.38. The fraction of sp³-hybridized carbons (Fsp3) is 0.538.